The molecule has 3 aromatic rings. The van der Waals surface area contributed by atoms with Crippen molar-refractivity contribution in [3.05, 3.63) is 77.4 Å². The number of amides is 1. The van der Waals surface area contributed by atoms with E-state index in [4.69, 9.17) is 18.4 Å². The molecular formula is C30H31F3N2O9S2. The molecule has 1 aliphatic heterocycles. The third kappa shape index (κ3) is 8.78. The van der Waals surface area contributed by atoms with Gasteiger partial charge in [-0.3, -0.25) is 4.79 Å². The van der Waals surface area contributed by atoms with Crippen molar-refractivity contribution < 1.29 is 53.2 Å². The summed E-state index contributed by atoms with van der Waals surface area (Å²) in [6, 6.07) is 12.3. The zero-order valence-corrected chi connectivity index (χ0v) is 26.6. The second-order valence-corrected chi connectivity index (χ2v) is 13.6. The second-order valence-electron chi connectivity index (χ2n) is 10.1. The van der Waals surface area contributed by atoms with Crippen molar-refractivity contribution in [1.29, 1.82) is 0 Å². The van der Waals surface area contributed by atoms with Crippen molar-refractivity contribution >= 4 is 37.8 Å². The van der Waals surface area contributed by atoms with E-state index >= 15 is 0 Å². The highest BCUT2D eigenvalue weighted by Gasteiger charge is 2.30. The number of carbonyl (C=O) groups excluding carboxylic acids is 1. The van der Waals surface area contributed by atoms with Gasteiger partial charge in [0.05, 0.1) is 30.9 Å². The number of methoxy groups -OCH3 is 1. The number of morpholine rings is 1. The van der Waals surface area contributed by atoms with Crippen LogP contribution < -0.4 is 19.0 Å². The van der Waals surface area contributed by atoms with E-state index in [1.54, 1.807) is 26.0 Å². The molecule has 0 atom stereocenters. The van der Waals surface area contributed by atoms with Crippen molar-refractivity contribution in [3.8, 4) is 17.2 Å². The largest absolute Gasteiger partial charge is 0.493 e. The quantitative estimate of drug-likeness (QED) is 0.225. The van der Waals surface area contributed by atoms with Gasteiger partial charge < -0.3 is 23.7 Å². The summed E-state index contributed by atoms with van der Waals surface area (Å²) in [5, 5.41) is 2.37. The summed E-state index contributed by atoms with van der Waals surface area (Å²) >= 11 is 0. The average Bonchev–Trinajstić information content (AvgIpc) is 3.00. The molecule has 1 aliphatic rings. The van der Waals surface area contributed by atoms with Crippen molar-refractivity contribution in [3.63, 3.8) is 0 Å². The predicted molar refractivity (Wildman–Crippen MR) is 162 cm³/mol. The lowest BCUT2D eigenvalue weighted by molar-refractivity contribution is -0.153. The summed E-state index contributed by atoms with van der Waals surface area (Å²) in [7, 11) is -6.95. The molecule has 0 radical (unpaired) electrons. The van der Waals surface area contributed by atoms with Gasteiger partial charge in [-0.1, -0.05) is 18.2 Å². The van der Waals surface area contributed by atoms with E-state index in [0.29, 0.717) is 11.1 Å². The van der Waals surface area contributed by atoms with Crippen LogP contribution in [0.3, 0.4) is 0 Å². The standard InChI is InChI=1S/C30H31F3N2O9S2/c1-20-4-5-21(2)28(16-20)46(39,40)44-26-9-6-22(17-27(26)41-3)7-11-29(36)34-24-18-23(8-10-25(24)43-19-30(31,32)33)45(37,38)35-12-14-42-15-13-35/h4-11,16-18H,12-15,19H2,1-3H3,(H,34,36)/b11-7+. The maximum atomic E-state index is 13.1. The molecule has 1 N–H and O–H groups in total. The van der Waals surface area contributed by atoms with Crippen LogP contribution in [0.4, 0.5) is 18.9 Å². The molecule has 1 saturated heterocycles. The molecule has 1 heterocycles. The van der Waals surface area contributed by atoms with E-state index in [-0.39, 0.29) is 53.3 Å². The Morgan fingerprint density at radius 1 is 0.957 bits per heavy atom. The number of sulfonamides is 1. The van der Waals surface area contributed by atoms with Crippen LogP contribution in [0.2, 0.25) is 0 Å². The number of anilines is 1. The van der Waals surface area contributed by atoms with Gasteiger partial charge in [-0.25, -0.2) is 8.42 Å². The summed E-state index contributed by atoms with van der Waals surface area (Å²) in [4.78, 5) is 12.6. The third-order valence-electron chi connectivity index (χ3n) is 6.64. The highest BCUT2D eigenvalue weighted by Crippen LogP contribution is 2.33. The Labute approximate surface area is 264 Å². The van der Waals surface area contributed by atoms with Crippen LogP contribution >= 0.6 is 0 Å². The summed E-state index contributed by atoms with van der Waals surface area (Å²) in [5.41, 5.74) is 1.29. The minimum atomic E-state index is -4.69. The minimum Gasteiger partial charge on any atom is -0.493 e. The zero-order valence-electron chi connectivity index (χ0n) is 25.0. The van der Waals surface area contributed by atoms with E-state index < -0.39 is 44.6 Å². The Morgan fingerprint density at radius 3 is 2.33 bits per heavy atom. The molecule has 4 rings (SSSR count). The Bertz CT molecular complexity index is 1840. The van der Waals surface area contributed by atoms with Crippen LogP contribution in [0, 0.1) is 13.8 Å². The van der Waals surface area contributed by atoms with Crippen LogP contribution in [0.1, 0.15) is 16.7 Å². The fourth-order valence-electron chi connectivity index (χ4n) is 4.33. The second kappa shape index (κ2) is 14.1. The van der Waals surface area contributed by atoms with E-state index in [1.165, 1.54) is 41.8 Å². The van der Waals surface area contributed by atoms with Gasteiger partial charge in [0.25, 0.3) is 0 Å². The maximum Gasteiger partial charge on any atom is 0.422 e. The maximum absolute atomic E-state index is 13.1. The van der Waals surface area contributed by atoms with Gasteiger partial charge in [0.2, 0.25) is 15.9 Å². The Morgan fingerprint density at radius 2 is 1.65 bits per heavy atom. The van der Waals surface area contributed by atoms with Crippen LogP contribution in [0.15, 0.2) is 70.5 Å². The highest BCUT2D eigenvalue weighted by atomic mass is 32.2. The highest BCUT2D eigenvalue weighted by molar-refractivity contribution is 7.89. The number of alkyl halides is 3. The molecule has 1 amide bonds. The number of halogens is 3. The van der Waals surface area contributed by atoms with Crippen LogP contribution in [0.5, 0.6) is 17.2 Å². The topological polar surface area (TPSA) is 138 Å². The van der Waals surface area contributed by atoms with Gasteiger partial charge in [-0.2, -0.15) is 25.9 Å². The van der Waals surface area contributed by atoms with Crippen LogP contribution in [0.25, 0.3) is 6.08 Å². The zero-order chi connectivity index (χ0) is 33.7. The van der Waals surface area contributed by atoms with Crippen molar-refractivity contribution in [2.24, 2.45) is 0 Å². The normalized spacial score (nSPS) is 14.7. The number of benzene rings is 3. The lowest BCUT2D eigenvalue weighted by Crippen LogP contribution is -2.40. The summed E-state index contributed by atoms with van der Waals surface area (Å²) in [6.07, 6.45) is -2.32. The van der Waals surface area contributed by atoms with Gasteiger partial charge in [0.1, 0.15) is 10.6 Å². The van der Waals surface area contributed by atoms with E-state index in [9.17, 15) is 34.8 Å². The first-order valence-corrected chi connectivity index (χ1v) is 16.5. The number of rotatable bonds is 11. The van der Waals surface area contributed by atoms with E-state index in [2.05, 4.69) is 5.32 Å². The smallest absolute Gasteiger partial charge is 0.422 e. The molecule has 0 bridgehead atoms. The summed E-state index contributed by atoms with van der Waals surface area (Å²) in [6.45, 7) is 2.25. The Balaban J connectivity index is 1.55. The molecule has 0 saturated carbocycles. The number of hydrogen-bond acceptors (Lipinski definition) is 9. The number of nitrogens with one attached hydrogen (secondary N) is 1. The molecule has 248 valence electrons. The summed E-state index contributed by atoms with van der Waals surface area (Å²) < 4.78 is 113. The molecule has 0 unspecified atom stereocenters. The molecule has 11 nitrogen and oxygen atoms in total. The Hall–Kier alpha value is -4.12. The monoisotopic (exact) mass is 684 g/mol. The number of ether oxygens (including phenoxy) is 3. The molecular weight excluding hydrogens is 653 g/mol. The molecule has 46 heavy (non-hydrogen) atoms. The molecule has 0 aliphatic carbocycles. The van der Waals surface area contributed by atoms with Crippen LogP contribution in [-0.2, 0) is 29.7 Å². The third-order valence-corrected chi connectivity index (χ3v) is 9.91. The number of nitrogens with zero attached hydrogens (tertiary/aromatic N) is 1. The van der Waals surface area contributed by atoms with E-state index in [0.717, 1.165) is 29.8 Å². The van der Waals surface area contributed by atoms with Gasteiger partial charge in [0.15, 0.2) is 18.1 Å². The van der Waals surface area contributed by atoms with Gasteiger partial charge in [0, 0.05) is 19.2 Å². The number of aryl methyl sites for hydroxylation is 2. The van der Waals surface area contributed by atoms with Crippen LogP contribution in [-0.4, -0.2) is 73.2 Å². The first-order chi connectivity index (χ1) is 21.6. The fourth-order valence-corrected chi connectivity index (χ4v) is 7.02. The molecule has 0 spiro atoms. The molecule has 3 aromatic carbocycles. The number of carbonyl (C=O) groups is 1. The fraction of sp³-hybridized carbons (Fsp3) is 0.300. The average molecular weight is 685 g/mol. The van der Waals surface area contributed by atoms with Gasteiger partial charge in [-0.05, 0) is 73.0 Å². The molecule has 0 aromatic heterocycles. The van der Waals surface area contributed by atoms with Crippen molar-refractivity contribution in [1.82, 2.24) is 4.31 Å². The molecule has 1 fully saturated rings. The lowest BCUT2D eigenvalue weighted by Gasteiger charge is -2.26. The first-order valence-electron chi connectivity index (χ1n) is 13.7. The van der Waals surface area contributed by atoms with Gasteiger partial charge in [-0.15, -0.1) is 0 Å². The minimum absolute atomic E-state index is 0.00408. The predicted octanol–water partition coefficient (Wildman–Crippen LogP) is 4.69. The lowest BCUT2D eigenvalue weighted by atomic mass is 10.2. The Kier molecular flexibility index (Phi) is 10.7. The summed E-state index contributed by atoms with van der Waals surface area (Å²) in [5.74, 6) is -1.28. The first kappa shape index (κ1) is 34.7. The SMILES string of the molecule is COc1cc(/C=C/C(=O)Nc2cc(S(=O)(=O)N3CCOCC3)ccc2OCC(F)(F)F)ccc1OS(=O)(=O)c1cc(C)ccc1C. The van der Waals surface area contributed by atoms with E-state index in [1.807, 2.05) is 0 Å². The van der Waals surface area contributed by atoms with Gasteiger partial charge >= 0.3 is 16.3 Å². The number of hydrogen-bond donors (Lipinski definition) is 1. The molecule has 16 heteroatoms. The van der Waals surface area contributed by atoms with Crippen molar-refractivity contribution in [2.75, 3.05) is 45.3 Å². The van der Waals surface area contributed by atoms with Crippen molar-refractivity contribution in [2.45, 2.75) is 29.8 Å².